The molecule has 0 spiro atoms. The molecule has 2 aliphatic rings. The molecule has 0 atom stereocenters. The molecule has 4 rings (SSSR count). The van der Waals surface area contributed by atoms with Crippen molar-refractivity contribution in [2.24, 2.45) is 0 Å². The second kappa shape index (κ2) is 7.40. The second-order valence-electron chi connectivity index (χ2n) is 8.67. The molecule has 2 aliphatic heterocycles. The summed E-state index contributed by atoms with van der Waals surface area (Å²) >= 11 is 0. The molecule has 9 heteroatoms. The van der Waals surface area contributed by atoms with Gasteiger partial charge in [0.2, 0.25) is 0 Å². The SMILES string of the molecule is CCC1=C(C)C2=C(c3ccc(F)cc3C(F)(F)F)c3c(C)c(CC)c(C)n3[B-](F)(F)[N+]2=C1C. The van der Waals surface area contributed by atoms with Gasteiger partial charge in [0.15, 0.2) is 5.70 Å². The average Bonchev–Trinajstić information content (AvgIpc) is 3.13. The van der Waals surface area contributed by atoms with Gasteiger partial charge in [0.05, 0.1) is 11.1 Å². The minimum atomic E-state index is -4.86. The van der Waals surface area contributed by atoms with Gasteiger partial charge >= 0.3 is 13.1 Å². The Hall–Kier alpha value is -2.71. The Balaban J connectivity index is 2.28. The van der Waals surface area contributed by atoms with Crippen LogP contribution in [0.25, 0.3) is 5.57 Å². The molecular formula is C24H25BF6N2. The summed E-state index contributed by atoms with van der Waals surface area (Å²) in [5, 5.41) is 0. The van der Waals surface area contributed by atoms with E-state index in [1.165, 1.54) is 0 Å². The zero-order valence-electron chi connectivity index (χ0n) is 19.4. The van der Waals surface area contributed by atoms with Crippen LogP contribution in [-0.2, 0) is 12.6 Å². The number of benzene rings is 1. The minimum Gasteiger partial charge on any atom is -0.393 e. The van der Waals surface area contributed by atoms with Crippen molar-refractivity contribution in [1.29, 1.82) is 0 Å². The molecule has 0 saturated carbocycles. The molecule has 0 N–H and O–H groups in total. The van der Waals surface area contributed by atoms with Crippen LogP contribution in [0.5, 0.6) is 0 Å². The quantitative estimate of drug-likeness (QED) is 0.339. The Morgan fingerprint density at radius 1 is 1.00 bits per heavy atom. The number of allylic oxidation sites excluding steroid dienone is 2. The molecule has 33 heavy (non-hydrogen) atoms. The molecule has 0 saturated heterocycles. The van der Waals surface area contributed by atoms with E-state index in [9.17, 15) is 17.6 Å². The van der Waals surface area contributed by atoms with E-state index >= 15 is 8.63 Å². The zero-order chi connectivity index (χ0) is 24.6. The molecular weight excluding hydrogens is 441 g/mol. The summed E-state index contributed by atoms with van der Waals surface area (Å²) in [4.78, 5) is 0. The van der Waals surface area contributed by atoms with Crippen LogP contribution in [0.1, 0.15) is 67.8 Å². The fourth-order valence-corrected chi connectivity index (χ4v) is 5.70. The smallest absolute Gasteiger partial charge is 0.393 e. The van der Waals surface area contributed by atoms with Gasteiger partial charge in [-0.15, -0.1) is 0 Å². The number of halogens is 6. The van der Waals surface area contributed by atoms with Crippen molar-refractivity contribution >= 4 is 18.3 Å². The summed E-state index contributed by atoms with van der Waals surface area (Å²) in [6, 6.07) is 2.44. The lowest BCUT2D eigenvalue weighted by Crippen LogP contribution is -2.51. The lowest BCUT2D eigenvalue weighted by molar-refractivity contribution is -0.363. The van der Waals surface area contributed by atoms with Crippen molar-refractivity contribution in [3.05, 3.63) is 74.5 Å². The molecule has 0 aliphatic carbocycles. The number of nitrogens with zero attached hydrogens (tertiary/aromatic N) is 2. The number of aromatic nitrogens is 1. The normalized spacial score (nSPS) is 17.8. The fraction of sp³-hybridized carbons (Fsp3) is 0.375. The van der Waals surface area contributed by atoms with Crippen LogP contribution < -0.4 is 0 Å². The zero-order valence-corrected chi connectivity index (χ0v) is 19.4. The first-order chi connectivity index (χ1) is 15.3. The van der Waals surface area contributed by atoms with Crippen LogP contribution in [0.4, 0.5) is 26.2 Å². The van der Waals surface area contributed by atoms with Crippen LogP contribution in [-0.4, -0.2) is 21.6 Å². The summed E-state index contributed by atoms with van der Waals surface area (Å²) in [7, 11) is 0. The van der Waals surface area contributed by atoms with Gasteiger partial charge < -0.3 is 17.6 Å². The van der Waals surface area contributed by atoms with Crippen molar-refractivity contribution in [3.63, 3.8) is 0 Å². The number of fused-ring (bicyclic) bond motifs is 2. The van der Waals surface area contributed by atoms with E-state index in [0.29, 0.717) is 52.6 Å². The Morgan fingerprint density at radius 3 is 2.18 bits per heavy atom. The van der Waals surface area contributed by atoms with Crippen molar-refractivity contribution in [2.45, 2.75) is 60.6 Å². The number of alkyl halides is 3. The lowest BCUT2D eigenvalue weighted by atomic mass is 9.82. The highest BCUT2D eigenvalue weighted by molar-refractivity contribution is 6.58. The summed E-state index contributed by atoms with van der Waals surface area (Å²) in [6.45, 7) is 5.81. The van der Waals surface area contributed by atoms with Crippen LogP contribution in [0.15, 0.2) is 35.0 Å². The van der Waals surface area contributed by atoms with Crippen LogP contribution in [0.2, 0.25) is 0 Å². The van der Waals surface area contributed by atoms with E-state index in [1.54, 1.807) is 27.7 Å². The minimum absolute atomic E-state index is 0.0655. The maximum absolute atomic E-state index is 16.2. The maximum Gasteiger partial charge on any atom is 0.737 e. The molecule has 176 valence electrons. The van der Waals surface area contributed by atoms with E-state index in [-0.39, 0.29) is 22.5 Å². The van der Waals surface area contributed by atoms with Gasteiger partial charge in [-0.1, -0.05) is 19.9 Å². The Bertz CT molecular complexity index is 1290. The third-order valence-electron chi connectivity index (χ3n) is 7.05. The molecule has 1 aromatic carbocycles. The van der Waals surface area contributed by atoms with Gasteiger partial charge in [-0.25, -0.2) is 4.39 Å². The first-order valence-corrected chi connectivity index (χ1v) is 11.0. The molecule has 0 fully saturated rings. The molecule has 3 heterocycles. The summed E-state index contributed by atoms with van der Waals surface area (Å²) in [6.07, 6.45) is -3.95. The number of hydrogen-bond donors (Lipinski definition) is 0. The summed E-state index contributed by atoms with van der Waals surface area (Å²) in [5.41, 5.74) is 1.78. The maximum atomic E-state index is 16.2. The van der Waals surface area contributed by atoms with Crippen molar-refractivity contribution in [2.75, 3.05) is 0 Å². The molecule has 2 aromatic rings. The van der Waals surface area contributed by atoms with Gasteiger partial charge in [0.1, 0.15) is 11.5 Å². The van der Waals surface area contributed by atoms with E-state index < -0.39 is 24.5 Å². The lowest BCUT2D eigenvalue weighted by Gasteiger charge is -2.34. The Kier molecular flexibility index (Phi) is 5.26. The van der Waals surface area contributed by atoms with Crippen LogP contribution in [0, 0.1) is 19.7 Å². The average molecular weight is 466 g/mol. The molecule has 0 unspecified atom stereocenters. The standard InChI is InChI=1S/C24H25BF6N2/c1-7-17-12(3)22-21(19-10-9-16(26)11-20(19)24(27,28)29)23-13(4)18(8-2)15(6)33(23)25(30,31)32(22)14(17)5/h9-11H,7-8H2,1-6H3. The van der Waals surface area contributed by atoms with Crippen LogP contribution in [0.3, 0.4) is 0 Å². The first-order valence-electron chi connectivity index (χ1n) is 11.0. The fourth-order valence-electron chi connectivity index (χ4n) is 5.70. The van der Waals surface area contributed by atoms with Gasteiger partial charge in [-0.2, -0.15) is 13.2 Å². The predicted molar refractivity (Wildman–Crippen MR) is 118 cm³/mol. The van der Waals surface area contributed by atoms with Crippen molar-refractivity contribution in [1.82, 2.24) is 4.48 Å². The molecule has 0 bridgehead atoms. The molecule has 1 aromatic heterocycles. The molecule has 2 nitrogen and oxygen atoms in total. The predicted octanol–water partition coefficient (Wildman–Crippen LogP) is 7.03. The van der Waals surface area contributed by atoms with Crippen molar-refractivity contribution < 1.29 is 30.7 Å². The van der Waals surface area contributed by atoms with E-state index in [1.807, 2.05) is 13.8 Å². The largest absolute Gasteiger partial charge is 0.737 e. The van der Waals surface area contributed by atoms with Crippen LogP contribution >= 0.6 is 0 Å². The highest BCUT2D eigenvalue weighted by atomic mass is 19.4. The third kappa shape index (κ3) is 3.07. The van der Waals surface area contributed by atoms with E-state index in [2.05, 4.69) is 0 Å². The highest BCUT2D eigenvalue weighted by Crippen LogP contribution is 2.49. The van der Waals surface area contributed by atoms with Gasteiger partial charge in [0.25, 0.3) is 0 Å². The second-order valence-corrected chi connectivity index (χ2v) is 8.67. The Labute approximate surface area is 189 Å². The number of rotatable bonds is 3. The molecule has 0 radical (unpaired) electrons. The van der Waals surface area contributed by atoms with Gasteiger partial charge in [-0.05, 0) is 62.6 Å². The van der Waals surface area contributed by atoms with Gasteiger partial charge in [-0.3, -0.25) is 0 Å². The monoisotopic (exact) mass is 466 g/mol. The first kappa shape index (κ1) is 23.5. The summed E-state index contributed by atoms with van der Waals surface area (Å²) in [5.74, 6) is -1.04. The highest BCUT2D eigenvalue weighted by Gasteiger charge is 2.57. The summed E-state index contributed by atoms with van der Waals surface area (Å²) < 4.78 is 90.2. The third-order valence-corrected chi connectivity index (χ3v) is 7.05. The molecule has 0 amide bonds. The number of hydrogen-bond acceptors (Lipinski definition) is 0. The Morgan fingerprint density at radius 2 is 1.64 bits per heavy atom. The van der Waals surface area contributed by atoms with Gasteiger partial charge in [0, 0.05) is 29.3 Å². The van der Waals surface area contributed by atoms with Crippen molar-refractivity contribution in [3.8, 4) is 0 Å². The van der Waals surface area contributed by atoms with E-state index in [0.717, 1.165) is 21.1 Å². The topological polar surface area (TPSA) is 7.94 Å². The van der Waals surface area contributed by atoms with E-state index in [4.69, 9.17) is 0 Å².